The summed E-state index contributed by atoms with van der Waals surface area (Å²) in [7, 11) is 0. The van der Waals surface area contributed by atoms with E-state index in [0.717, 1.165) is 12.8 Å². The van der Waals surface area contributed by atoms with Gasteiger partial charge in [0.1, 0.15) is 5.82 Å². The van der Waals surface area contributed by atoms with E-state index in [9.17, 15) is 9.18 Å². The van der Waals surface area contributed by atoms with Crippen molar-refractivity contribution in [2.75, 3.05) is 5.32 Å². The minimum absolute atomic E-state index is 0.0404. The highest BCUT2D eigenvalue weighted by Crippen LogP contribution is 2.12. The Morgan fingerprint density at radius 2 is 1.84 bits per heavy atom. The fourth-order valence-corrected chi connectivity index (χ4v) is 2.64. The topological polar surface area (TPSA) is 46.9 Å². The molecule has 2 aromatic carbocycles. The van der Waals surface area contributed by atoms with Gasteiger partial charge in [0.2, 0.25) is 5.91 Å². The highest BCUT2D eigenvalue weighted by atomic mass is 19.1. The molecule has 0 aliphatic heterocycles. The molecule has 0 unspecified atom stereocenters. The third-order valence-electron chi connectivity index (χ3n) is 3.92. The number of anilines is 1. The third kappa shape index (κ3) is 5.01. The Balaban J connectivity index is 1.47. The van der Waals surface area contributed by atoms with Crippen molar-refractivity contribution in [3.05, 3.63) is 83.9 Å². The van der Waals surface area contributed by atoms with Crippen LogP contribution in [0.2, 0.25) is 0 Å². The Morgan fingerprint density at radius 1 is 1.08 bits per heavy atom. The van der Waals surface area contributed by atoms with Crippen LogP contribution in [0, 0.1) is 5.82 Å². The zero-order chi connectivity index (χ0) is 17.5. The number of carbonyl (C=O) groups excluding carboxylic acids is 1. The van der Waals surface area contributed by atoms with Crippen LogP contribution in [0.25, 0.3) is 0 Å². The molecule has 1 heterocycles. The lowest BCUT2D eigenvalue weighted by atomic mass is 10.1. The molecule has 3 aromatic rings. The summed E-state index contributed by atoms with van der Waals surface area (Å²) in [4.78, 5) is 12.0. The molecule has 0 bridgehead atoms. The minimum atomic E-state index is -0.260. The highest BCUT2D eigenvalue weighted by Gasteiger charge is 2.07. The number of carbonyl (C=O) groups is 1. The van der Waals surface area contributed by atoms with Gasteiger partial charge in [-0.3, -0.25) is 9.48 Å². The summed E-state index contributed by atoms with van der Waals surface area (Å²) in [6.07, 6.45) is 5.41. The van der Waals surface area contributed by atoms with Gasteiger partial charge in [-0.2, -0.15) is 5.10 Å². The second kappa shape index (κ2) is 8.24. The van der Waals surface area contributed by atoms with Gasteiger partial charge in [0.05, 0.1) is 18.4 Å². The Hall–Kier alpha value is -2.95. The number of amides is 1. The Bertz CT molecular complexity index is 830. The second-order valence-corrected chi connectivity index (χ2v) is 5.91. The number of aryl methyl sites for hydroxylation is 1. The van der Waals surface area contributed by atoms with E-state index in [-0.39, 0.29) is 11.7 Å². The van der Waals surface area contributed by atoms with E-state index in [4.69, 9.17) is 0 Å². The fraction of sp³-hybridized carbons (Fsp3) is 0.200. The first kappa shape index (κ1) is 16.9. The lowest BCUT2D eigenvalue weighted by Gasteiger charge is -2.04. The van der Waals surface area contributed by atoms with Gasteiger partial charge in [-0.05, 0) is 24.5 Å². The smallest absolute Gasteiger partial charge is 0.224 e. The normalized spacial score (nSPS) is 10.6. The molecule has 128 valence electrons. The van der Waals surface area contributed by atoms with Crippen molar-refractivity contribution in [3.63, 3.8) is 0 Å². The van der Waals surface area contributed by atoms with Crippen LogP contribution in [0.15, 0.2) is 67.0 Å². The predicted octanol–water partition coefficient (Wildman–Crippen LogP) is 4.03. The van der Waals surface area contributed by atoms with E-state index in [2.05, 4.69) is 22.5 Å². The van der Waals surface area contributed by atoms with E-state index in [1.807, 2.05) is 18.2 Å². The largest absolute Gasteiger partial charge is 0.323 e. The maximum absolute atomic E-state index is 13.7. The number of aromatic nitrogens is 2. The molecule has 0 radical (unpaired) electrons. The lowest BCUT2D eigenvalue weighted by Crippen LogP contribution is -2.11. The van der Waals surface area contributed by atoms with Gasteiger partial charge < -0.3 is 5.32 Å². The number of hydrogen-bond acceptors (Lipinski definition) is 2. The molecule has 0 spiro atoms. The van der Waals surface area contributed by atoms with Crippen molar-refractivity contribution < 1.29 is 9.18 Å². The van der Waals surface area contributed by atoms with Crippen molar-refractivity contribution in [2.24, 2.45) is 0 Å². The van der Waals surface area contributed by atoms with Gasteiger partial charge in [-0.25, -0.2) is 4.39 Å². The number of hydrogen-bond donors (Lipinski definition) is 1. The first-order chi connectivity index (χ1) is 12.2. The summed E-state index contributed by atoms with van der Waals surface area (Å²) in [5, 5.41) is 7.00. The fourth-order valence-electron chi connectivity index (χ4n) is 2.64. The Labute approximate surface area is 146 Å². The van der Waals surface area contributed by atoms with E-state index in [0.29, 0.717) is 24.2 Å². The summed E-state index contributed by atoms with van der Waals surface area (Å²) in [6.45, 7) is 0.330. The molecule has 0 aliphatic carbocycles. The van der Waals surface area contributed by atoms with E-state index >= 15 is 0 Å². The second-order valence-electron chi connectivity index (χ2n) is 5.91. The monoisotopic (exact) mass is 337 g/mol. The minimum Gasteiger partial charge on any atom is -0.323 e. The highest BCUT2D eigenvalue weighted by molar-refractivity contribution is 5.90. The van der Waals surface area contributed by atoms with E-state index in [1.165, 1.54) is 11.6 Å². The molecule has 25 heavy (non-hydrogen) atoms. The van der Waals surface area contributed by atoms with Crippen LogP contribution in [0.4, 0.5) is 10.1 Å². The average Bonchev–Trinajstić information content (AvgIpc) is 3.05. The van der Waals surface area contributed by atoms with Crippen LogP contribution in [-0.4, -0.2) is 15.7 Å². The van der Waals surface area contributed by atoms with Crippen LogP contribution >= 0.6 is 0 Å². The molecule has 0 aliphatic rings. The molecular weight excluding hydrogens is 317 g/mol. The first-order valence-corrected chi connectivity index (χ1v) is 8.30. The summed E-state index contributed by atoms with van der Waals surface area (Å²) in [5.74, 6) is -0.300. The zero-order valence-electron chi connectivity index (χ0n) is 13.9. The van der Waals surface area contributed by atoms with Crippen molar-refractivity contribution in [3.8, 4) is 0 Å². The summed E-state index contributed by atoms with van der Waals surface area (Å²) >= 11 is 0. The van der Waals surface area contributed by atoms with Crippen molar-refractivity contribution in [2.45, 2.75) is 25.8 Å². The van der Waals surface area contributed by atoms with Gasteiger partial charge in [0.15, 0.2) is 0 Å². The van der Waals surface area contributed by atoms with Gasteiger partial charge >= 0.3 is 0 Å². The number of nitrogens with zero attached hydrogens (tertiary/aromatic N) is 2. The van der Waals surface area contributed by atoms with Crippen LogP contribution in [0.1, 0.15) is 24.0 Å². The van der Waals surface area contributed by atoms with E-state index < -0.39 is 0 Å². The number of nitrogens with one attached hydrogen (secondary N) is 1. The van der Waals surface area contributed by atoms with Crippen LogP contribution < -0.4 is 5.32 Å². The molecule has 3 rings (SSSR count). The van der Waals surface area contributed by atoms with Crippen molar-refractivity contribution >= 4 is 11.6 Å². The number of benzene rings is 2. The molecule has 1 N–H and O–H groups in total. The van der Waals surface area contributed by atoms with Gasteiger partial charge in [0, 0.05) is 18.2 Å². The molecule has 5 heteroatoms. The Morgan fingerprint density at radius 3 is 2.64 bits per heavy atom. The molecule has 0 fully saturated rings. The molecular formula is C20H20FN3O. The van der Waals surface area contributed by atoms with Gasteiger partial charge in [-0.1, -0.05) is 48.5 Å². The van der Waals surface area contributed by atoms with Crippen molar-refractivity contribution in [1.29, 1.82) is 0 Å². The van der Waals surface area contributed by atoms with E-state index in [1.54, 1.807) is 35.3 Å². The van der Waals surface area contributed by atoms with Crippen LogP contribution in [0.3, 0.4) is 0 Å². The predicted molar refractivity (Wildman–Crippen MR) is 95.7 cm³/mol. The molecule has 1 amide bonds. The Kier molecular flexibility index (Phi) is 5.57. The van der Waals surface area contributed by atoms with Crippen LogP contribution in [-0.2, 0) is 17.8 Å². The number of rotatable bonds is 7. The first-order valence-electron chi connectivity index (χ1n) is 8.30. The molecule has 0 saturated carbocycles. The van der Waals surface area contributed by atoms with Crippen molar-refractivity contribution in [1.82, 2.24) is 9.78 Å². The molecule has 0 atom stereocenters. The lowest BCUT2D eigenvalue weighted by molar-refractivity contribution is -0.116. The molecule has 1 aromatic heterocycles. The molecule has 4 nitrogen and oxygen atoms in total. The summed E-state index contributed by atoms with van der Waals surface area (Å²) in [6, 6.07) is 16.7. The number of halogens is 1. The maximum atomic E-state index is 13.7. The quantitative estimate of drug-likeness (QED) is 0.707. The molecule has 0 saturated heterocycles. The average molecular weight is 337 g/mol. The SMILES string of the molecule is O=C(CCCc1ccccc1)Nc1cnn(Cc2ccccc2F)c1. The third-order valence-corrected chi connectivity index (χ3v) is 3.92. The van der Waals surface area contributed by atoms with Gasteiger partial charge in [0.25, 0.3) is 0 Å². The standard InChI is InChI=1S/C20H20FN3O/c21-19-11-5-4-10-17(19)14-24-15-18(13-22-24)23-20(25)12-6-9-16-7-2-1-3-8-16/h1-5,7-8,10-11,13,15H,6,9,12,14H2,(H,23,25). The summed E-state index contributed by atoms with van der Waals surface area (Å²) in [5.41, 5.74) is 2.42. The van der Waals surface area contributed by atoms with Gasteiger partial charge in [-0.15, -0.1) is 0 Å². The van der Waals surface area contributed by atoms with Crippen LogP contribution in [0.5, 0.6) is 0 Å². The summed E-state index contributed by atoms with van der Waals surface area (Å²) < 4.78 is 15.3. The maximum Gasteiger partial charge on any atom is 0.224 e. The zero-order valence-corrected chi connectivity index (χ0v) is 13.9.